The molecular formula is C26H27F6N3O3. The van der Waals surface area contributed by atoms with E-state index in [0.717, 1.165) is 37.4 Å². The van der Waals surface area contributed by atoms with E-state index < -0.39 is 47.1 Å². The lowest BCUT2D eigenvalue weighted by Crippen LogP contribution is -2.54. The summed E-state index contributed by atoms with van der Waals surface area (Å²) in [7, 11) is 0. The summed E-state index contributed by atoms with van der Waals surface area (Å²) in [6.45, 7) is 1.44. The zero-order chi connectivity index (χ0) is 27.6. The highest BCUT2D eigenvalue weighted by Crippen LogP contribution is 2.49. The van der Waals surface area contributed by atoms with Crippen molar-refractivity contribution in [1.29, 1.82) is 0 Å². The first-order valence-electron chi connectivity index (χ1n) is 12.2. The number of carbonyl (C=O) groups excluding carboxylic acids is 2. The van der Waals surface area contributed by atoms with E-state index >= 15 is 0 Å². The Morgan fingerprint density at radius 1 is 0.947 bits per heavy atom. The molecule has 1 saturated carbocycles. The van der Waals surface area contributed by atoms with Crippen molar-refractivity contribution >= 4 is 11.8 Å². The molecule has 3 N–H and O–H groups in total. The fourth-order valence-electron chi connectivity index (χ4n) is 4.59. The van der Waals surface area contributed by atoms with Crippen LogP contribution < -0.4 is 20.7 Å². The van der Waals surface area contributed by atoms with E-state index in [1.807, 2.05) is 0 Å². The number of hydrogen-bond acceptors (Lipinski definition) is 4. The molecule has 1 unspecified atom stereocenters. The maximum atomic E-state index is 13.4. The third kappa shape index (κ3) is 6.97. The van der Waals surface area contributed by atoms with Gasteiger partial charge < -0.3 is 20.7 Å². The number of rotatable bonds is 8. The molecular weight excluding hydrogens is 516 g/mol. The maximum absolute atomic E-state index is 13.4. The van der Waals surface area contributed by atoms with Crippen LogP contribution >= 0.6 is 0 Å². The molecule has 2 aromatic carbocycles. The van der Waals surface area contributed by atoms with Gasteiger partial charge in [0.15, 0.2) is 0 Å². The highest BCUT2D eigenvalue weighted by Gasteiger charge is 2.52. The second-order valence-electron chi connectivity index (χ2n) is 9.61. The van der Waals surface area contributed by atoms with E-state index in [1.165, 1.54) is 24.3 Å². The van der Waals surface area contributed by atoms with Crippen molar-refractivity contribution in [1.82, 2.24) is 16.0 Å². The van der Waals surface area contributed by atoms with Gasteiger partial charge in [0, 0.05) is 12.5 Å². The van der Waals surface area contributed by atoms with E-state index in [9.17, 15) is 35.9 Å². The Kier molecular flexibility index (Phi) is 7.91. The highest BCUT2D eigenvalue weighted by molar-refractivity contribution is 5.95. The van der Waals surface area contributed by atoms with Gasteiger partial charge in [0.25, 0.3) is 0 Å². The quantitative estimate of drug-likeness (QED) is 0.436. The van der Waals surface area contributed by atoms with Crippen LogP contribution in [0.2, 0.25) is 0 Å². The zero-order valence-corrected chi connectivity index (χ0v) is 20.2. The van der Waals surface area contributed by atoms with Gasteiger partial charge in [-0.3, -0.25) is 9.59 Å². The molecule has 2 amide bonds. The molecule has 6 nitrogen and oxygen atoms in total. The van der Waals surface area contributed by atoms with E-state index in [-0.39, 0.29) is 12.5 Å². The maximum Gasteiger partial charge on any atom is 0.573 e. The van der Waals surface area contributed by atoms with Crippen molar-refractivity contribution in [2.45, 2.75) is 62.1 Å². The topological polar surface area (TPSA) is 79.5 Å². The summed E-state index contributed by atoms with van der Waals surface area (Å²) >= 11 is 0. The van der Waals surface area contributed by atoms with Gasteiger partial charge in [-0.2, -0.15) is 13.2 Å². The van der Waals surface area contributed by atoms with Crippen LogP contribution in [0, 0.1) is 0 Å². The SMILES string of the molecule is O=C(NC1CCNCC1)C(Cc1ccc(C(F)(F)F)cc1)NC(=O)C1(c2ccc(OC(F)(F)F)cc2)CC1. The molecule has 12 heteroatoms. The summed E-state index contributed by atoms with van der Waals surface area (Å²) in [5, 5.41) is 8.86. The van der Waals surface area contributed by atoms with Crippen molar-refractivity contribution in [3.8, 4) is 5.75 Å². The van der Waals surface area contributed by atoms with Crippen LogP contribution in [0.1, 0.15) is 42.4 Å². The molecule has 38 heavy (non-hydrogen) atoms. The van der Waals surface area contributed by atoms with Crippen molar-refractivity contribution in [3.63, 3.8) is 0 Å². The summed E-state index contributed by atoms with van der Waals surface area (Å²) < 4.78 is 80.2. The number of halogens is 6. The smallest absolute Gasteiger partial charge is 0.406 e. The van der Waals surface area contributed by atoms with Crippen LogP contribution in [0.3, 0.4) is 0 Å². The molecule has 0 aromatic heterocycles. The van der Waals surface area contributed by atoms with Crippen LogP contribution in [0.4, 0.5) is 26.3 Å². The van der Waals surface area contributed by atoms with Gasteiger partial charge in [-0.15, -0.1) is 13.2 Å². The number of ether oxygens (including phenoxy) is 1. The van der Waals surface area contributed by atoms with Crippen LogP contribution in [0.25, 0.3) is 0 Å². The lowest BCUT2D eigenvalue weighted by atomic mass is 9.93. The van der Waals surface area contributed by atoms with Crippen LogP contribution in [0.5, 0.6) is 5.75 Å². The molecule has 2 fully saturated rings. The van der Waals surface area contributed by atoms with E-state index in [4.69, 9.17) is 0 Å². The summed E-state index contributed by atoms with van der Waals surface area (Å²) in [6, 6.07) is 8.24. The van der Waals surface area contributed by atoms with Crippen LogP contribution in [-0.4, -0.2) is 43.3 Å². The average molecular weight is 544 g/mol. The van der Waals surface area contributed by atoms with Gasteiger partial charge in [0.05, 0.1) is 11.0 Å². The van der Waals surface area contributed by atoms with E-state index in [0.29, 0.717) is 36.8 Å². The minimum Gasteiger partial charge on any atom is -0.406 e. The monoisotopic (exact) mass is 543 g/mol. The second kappa shape index (κ2) is 10.8. The number of nitrogens with one attached hydrogen (secondary N) is 3. The summed E-state index contributed by atoms with van der Waals surface area (Å²) in [4.78, 5) is 26.6. The van der Waals surface area contributed by atoms with Gasteiger partial charge >= 0.3 is 12.5 Å². The molecule has 2 aliphatic rings. The first kappa shape index (κ1) is 27.7. The first-order valence-corrected chi connectivity index (χ1v) is 12.2. The van der Waals surface area contributed by atoms with Crippen molar-refractivity contribution < 1.29 is 40.7 Å². The second-order valence-corrected chi connectivity index (χ2v) is 9.61. The molecule has 0 bridgehead atoms. The normalized spacial score (nSPS) is 18.4. The first-order chi connectivity index (χ1) is 17.9. The van der Waals surface area contributed by atoms with Gasteiger partial charge in [0.1, 0.15) is 11.8 Å². The Bertz CT molecular complexity index is 1120. The van der Waals surface area contributed by atoms with Crippen LogP contribution in [0.15, 0.2) is 48.5 Å². The Morgan fingerprint density at radius 3 is 2.08 bits per heavy atom. The molecule has 0 radical (unpaired) electrons. The third-order valence-corrected chi connectivity index (χ3v) is 6.85. The summed E-state index contributed by atoms with van der Waals surface area (Å²) in [5.41, 5.74) is -0.917. The Hall–Kier alpha value is -3.28. The van der Waals surface area contributed by atoms with Crippen molar-refractivity contribution in [2.75, 3.05) is 13.1 Å². The molecule has 206 valence electrons. The van der Waals surface area contributed by atoms with Gasteiger partial charge in [-0.25, -0.2) is 0 Å². The third-order valence-electron chi connectivity index (χ3n) is 6.85. The highest BCUT2D eigenvalue weighted by atomic mass is 19.4. The lowest BCUT2D eigenvalue weighted by molar-refractivity contribution is -0.274. The Labute approximate surface area is 215 Å². The van der Waals surface area contributed by atoms with Crippen molar-refractivity contribution in [3.05, 3.63) is 65.2 Å². The molecule has 1 aliphatic carbocycles. The minimum absolute atomic E-state index is 0.0326. The zero-order valence-electron chi connectivity index (χ0n) is 20.2. The van der Waals surface area contributed by atoms with E-state index in [2.05, 4.69) is 20.7 Å². The molecule has 1 heterocycles. The number of carbonyl (C=O) groups is 2. The predicted molar refractivity (Wildman–Crippen MR) is 125 cm³/mol. The summed E-state index contributed by atoms with van der Waals surface area (Å²) in [5.74, 6) is -1.34. The van der Waals surface area contributed by atoms with Gasteiger partial charge in [0.2, 0.25) is 11.8 Å². The lowest BCUT2D eigenvalue weighted by Gasteiger charge is -2.28. The molecule has 1 aliphatic heterocycles. The summed E-state index contributed by atoms with van der Waals surface area (Å²) in [6.07, 6.45) is -7.12. The minimum atomic E-state index is -4.84. The molecule has 1 atom stereocenters. The average Bonchev–Trinajstić information content (AvgIpc) is 3.66. The number of alkyl halides is 6. The van der Waals surface area contributed by atoms with E-state index in [1.54, 1.807) is 0 Å². The number of piperidine rings is 1. The molecule has 1 saturated heterocycles. The van der Waals surface area contributed by atoms with Gasteiger partial charge in [-0.05, 0) is 74.2 Å². The number of hydrogen-bond donors (Lipinski definition) is 3. The Morgan fingerprint density at radius 2 is 1.55 bits per heavy atom. The molecule has 2 aromatic rings. The largest absolute Gasteiger partial charge is 0.573 e. The predicted octanol–water partition coefficient (Wildman–Crippen LogP) is 4.23. The number of amides is 2. The standard InChI is InChI=1S/C26H27F6N3O3/c27-25(28,29)18-3-1-16(2-4-18)15-21(22(36)34-19-9-13-33-14-10-19)35-23(37)24(11-12-24)17-5-7-20(8-6-17)38-26(30,31)32/h1-8,19,21,33H,9-15H2,(H,34,36)(H,35,37). The fraction of sp³-hybridized carbons (Fsp3) is 0.462. The number of benzene rings is 2. The molecule has 0 spiro atoms. The van der Waals surface area contributed by atoms with Gasteiger partial charge in [-0.1, -0.05) is 24.3 Å². The fourth-order valence-corrected chi connectivity index (χ4v) is 4.59. The Balaban J connectivity index is 1.50. The van der Waals surface area contributed by atoms with Crippen LogP contribution in [-0.2, 0) is 27.6 Å². The molecule has 4 rings (SSSR count). The van der Waals surface area contributed by atoms with Crippen molar-refractivity contribution in [2.24, 2.45) is 0 Å².